The zero-order valence-corrected chi connectivity index (χ0v) is 12.9. The zero-order chi connectivity index (χ0) is 15.2. The molecule has 112 valence electrons. The second-order valence-electron chi connectivity index (χ2n) is 4.83. The first-order valence-corrected chi connectivity index (χ1v) is 7.56. The molecule has 0 radical (unpaired) electrons. The van der Waals surface area contributed by atoms with E-state index in [1.165, 1.54) is 11.3 Å². The van der Waals surface area contributed by atoms with Gasteiger partial charge in [0.1, 0.15) is 0 Å². The van der Waals surface area contributed by atoms with E-state index in [4.69, 9.17) is 0 Å². The number of anilines is 1. The van der Waals surface area contributed by atoms with Crippen molar-refractivity contribution < 1.29 is 9.90 Å². The molecular formula is C15H19N3O2S. The third-order valence-electron chi connectivity index (χ3n) is 3.13. The molecule has 21 heavy (non-hydrogen) atoms. The highest BCUT2D eigenvalue weighted by atomic mass is 32.1. The number of amides is 2. The number of aliphatic hydroxyl groups excluding tert-OH is 1. The molecule has 0 aliphatic carbocycles. The Hall–Kier alpha value is -1.92. The summed E-state index contributed by atoms with van der Waals surface area (Å²) in [4.78, 5) is 17.3. The van der Waals surface area contributed by atoms with Crippen LogP contribution in [-0.2, 0) is 6.42 Å². The van der Waals surface area contributed by atoms with Gasteiger partial charge in [-0.15, -0.1) is 11.3 Å². The summed E-state index contributed by atoms with van der Waals surface area (Å²) in [5.41, 5.74) is 1.98. The Bertz CT molecular complexity index is 579. The third-order valence-corrected chi connectivity index (χ3v) is 4.12. The van der Waals surface area contributed by atoms with Crippen LogP contribution in [0.25, 0.3) is 0 Å². The van der Waals surface area contributed by atoms with Crippen LogP contribution in [0.15, 0.2) is 30.3 Å². The Morgan fingerprint density at radius 2 is 2.05 bits per heavy atom. The van der Waals surface area contributed by atoms with Gasteiger partial charge in [-0.25, -0.2) is 9.78 Å². The van der Waals surface area contributed by atoms with Gasteiger partial charge in [-0.05, 0) is 25.8 Å². The molecule has 1 atom stereocenters. The number of aromatic nitrogens is 1. The van der Waals surface area contributed by atoms with Crippen LogP contribution >= 0.6 is 11.3 Å². The fourth-order valence-electron chi connectivity index (χ4n) is 1.90. The molecule has 0 saturated heterocycles. The van der Waals surface area contributed by atoms with Crippen molar-refractivity contribution in [2.75, 3.05) is 11.9 Å². The molecule has 0 spiro atoms. The second kappa shape index (κ2) is 7.19. The molecule has 0 bridgehead atoms. The number of nitrogens with zero attached hydrogens (tertiary/aromatic N) is 1. The normalized spacial score (nSPS) is 12.0. The summed E-state index contributed by atoms with van der Waals surface area (Å²) in [6, 6.07) is 9.07. The van der Waals surface area contributed by atoms with Crippen molar-refractivity contribution in [2.45, 2.75) is 26.3 Å². The zero-order valence-electron chi connectivity index (χ0n) is 12.1. The minimum absolute atomic E-state index is 0.113. The molecule has 1 heterocycles. The number of thiazole rings is 1. The van der Waals surface area contributed by atoms with Crippen molar-refractivity contribution in [1.82, 2.24) is 10.3 Å². The number of aryl methyl sites for hydroxylation is 2. The molecule has 2 rings (SSSR count). The van der Waals surface area contributed by atoms with Gasteiger partial charge in [0.2, 0.25) is 0 Å². The van der Waals surface area contributed by atoms with Crippen molar-refractivity contribution in [3.63, 3.8) is 0 Å². The Balaban J connectivity index is 1.90. The van der Waals surface area contributed by atoms with Crippen LogP contribution in [0, 0.1) is 13.8 Å². The van der Waals surface area contributed by atoms with E-state index in [0.29, 0.717) is 11.6 Å². The minimum atomic E-state index is -0.348. The lowest BCUT2D eigenvalue weighted by Crippen LogP contribution is -2.41. The number of aliphatic hydroxyl groups is 1. The first-order chi connectivity index (χ1) is 10.1. The van der Waals surface area contributed by atoms with Gasteiger partial charge in [0.25, 0.3) is 0 Å². The van der Waals surface area contributed by atoms with Crippen molar-refractivity contribution >= 4 is 22.5 Å². The van der Waals surface area contributed by atoms with Crippen molar-refractivity contribution in [1.29, 1.82) is 0 Å². The van der Waals surface area contributed by atoms with Gasteiger partial charge in [-0.1, -0.05) is 30.3 Å². The lowest BCUT2D eigenvalue weighted by Gasteiger charge is -2.16. The highest BCUT2D eigenvalue weighted by Gasteiger charge is 2.13. The van der Waals surface area contributed by atoms with Gasteiger partial charge < -0.3 is 10.4 Å². The Morgan fingerprint density at radius 1 is 1.33 bits per heavy atom. The summed E-state index contributed by atoms with van der Waals surface area (Å²) in [6.45, 7) is 3.75. The van der Waals surface area contributed by atoms with Crippen molar-refractivity contribution in [3.8, 4) is 0 Å². The monoisotopic (exact) mass is 305 g/mol. The van der Waals surface area contributed by atoms with E-state index in [-0.39, 0.29) is 18.7 Å². The van der Waals surface area contributed by atoms with E-state index in [2.05, 4.69) is 15.6 Å². The van der Waals surface area contributed by atoms with Crippen molar-refractivity contribution in [2.24, 2.45) is 0 Å². The number of urea groups is 1. The van der Waals surface area contributed by atoms with E-state index >= 15 is 0 Å². The van der Waals surface area contributed by atoms with E-state index in [9.17, 15) is 9.90 Å². The van der Waals surface area contributed by atoms with Gasteiger partial charge in [0.15, 0.2) is 5.13 Å². The van der Waals surface area contributed by atoms with Crippen LogP contribution in [0.2, 0.25) is 0 Å². The average molecular weight is 305 g/mol. The van der Waals surface area contributed by atoms with Crippen molar-refractivity contribution in [3.05, 3.63) is 46.5 Å². The van der Waals surface area contributed by atoms with E-state index in [1.807, 2.05) is 44.2 Å². The number of hydrogen-bond acceptors (Lipinski definition) is 4. The third kappa shape index (κ3) is 4.54. The van der Waals surface area contributed by atoms with Crippen LogP contribution in [0.5, 0.6) is 0 Å². The fraction of sp³-hybridized carbons (Fsp3) is 0.333. The first kappa shape index (κ1) is 15.5. The van der Waals surface area contributed by atoms with Crippen LogP contribution in [0.1, 0.15) is 16.1 Å². The number of benzene rings is 1. The number of nitrogens with one attached hydrogen (secondary N) is 2. The predicted octanol–water partition coefficient (Wildman–Crippen LogP) is 2.49. The maximum absolute atomic E-state index is 11.9. The van der Waals surface area contributed by atoms with Gasteiger partial charge in [-0.2, -0.15) is 0 Å². The average Bonchev–Trinajstić information content (AvgIpc) is 2.77. The second-order valence-corrected chi connectivity index (χ2v) is 6.03. The maximum Gasteiger partial charge on any atom is 0.321 e. The number of carbonyl (C=O) groups is 1. The topological polar surface area (TPSA) is 74.2 Å². The summed E-state index contributed by atoms with van der Waals surface area (Å²) >= 11 is 1.44. The predicted molar refractivity (Wildman–Crippen MR) is 84.8 cm³/mol. The number of carbonyl (C=O) groups excluding carboxylic acids is 1. The van der Waals surface area contributed by atoms with E-state index in [1.54, 1.807) is 0 Å². The van der Waals surface area contributed by atoms with Crippen LogP contribution in [-0.4, -0.2) is 28.8 Å². The molecule has 0 unspecified atom stereocenters. The minimum Gasteiger partial charge on any atom is -0.394 e. The number of rotatable bonds is 5. The quantitative estimate of drug-likeness (QED) is 0.794. The molecule has 2 amide bonds. The highest BCUT2D eigenvalue weighted by Crippen LogP contribution is 2.20. The molecule has 0 saturated carbocycles. The SMILES string of the molecule is Cc1nc(NC(=O)N[C@H](CO)Cc2ccccc2)sc1C. The molecule has 1 aromatic heterocycles. The summed E-state index contributed by atoms with van der Waals surface area (Å²) in [5.74, 6) is 0. The smallest absolute Gasteiger partial charge is 0.321 e. The largest absolute Gasteiger partial charge is 0.394 e. The lowest BCUT2D eigenvalue weighted by atomic mass is 10.1. The summed E-state index contributed by atoms with van der Waals surface area (Å²) in [7, 11) is 0. The molecule has 6 heteroatoms. The van der Waals surface area contributed by atoms with Crippen LogP contribution in [0.3, 0.4) is 0 Å². The lowest BCUT2D eigenvalue weighted by molar-refractivity contribution is 0.224. The molecule has 2 aromatic rings. The molecule has 3 N–H and O–H groups in total. The molecule has 5 nitrogen and oxygen atoms in total. The van der Waals surface area contributed by atoms with E-state index in [0.717, 1.165) is 16.1 Å². The van der Waals surface area contributed by atoms with Gasteiger partial charge in [0, 0.05) is 4.88 Å². The standard InChI is InChI=1S/C15H19N3O2S/c1-10-11(2)21-15(16-10)18-14(20)17-13(9-19)8-12-6-4-3-5-7-12/h3-7,13,19H,8-9H2,1-2H3,(H2,16,17,18,20)/t13-/m0/s1. The fourth-order valence-corrected chi connectivity index (χ4v) is 2.71. The van der Waals surface area contributed by atoms with Gasteiger partial charge >= 0.3 is 6.03 Å². The Labute approximate surface area is 128 Å². The molecule has 0 fully saturated rings. The summed E-state index contributed by atoms with van der Waals surface area (Å²) < 4.78 is 0. The maximum atomic E-state index is 11.9. The van der Waals surface area contributed by atoms with Crippen LogP contribution < -0.4 is 10.6 Å². The summed E-state index contributed by atoms with van der Waals surface area (Å²) in [5, 5.41) is 15.4. The molecular weight excluding hydrogens is 286 g/mol. The van der Waals surface area contributed by atoms with E-state index < -0.39 is 0 Å². The van der Waals surface area contributed by atoms with Gasteiger partial charge in [-0.3, -0.25) is 5.32 Å². The van der Waals surface area contributed by atoms with Gasteiger partial charge in [0.05, 0.1) is 18.3 Å². The molecule has 0 aliphatic heterocycles. The highest BCUT2D eigenvalue weighted by molar-refractivity contribution is 7.15. The molecule has 0 aliphatic rings. The first-order valence-electron chi connectivity index (χ1n) is 6.75. The summed E-state index contributed by atoms with van der Waals surface area (Å²) in [6.07, 6.45) is 0.584. The Kier molecular flexibility index (Phi) is 5.30. The number of hydrogen-bond donors (Lipinski definition) is 3. The molecule has 1 aromatic carbocycles. The van der Waals surface area contributed by atoms with Crippen LogP contribution in [0.4, 0.5) is 9.93 Å². The Morgan fingerprint density at radius 3 is 2.62 bits per heavy atom.